The number of carbonyl (C=O) groups excluding carboxylic acids is 1. The van der Waals surface area contributed by atoms with E-state index in [0.717, 1.165) is 32.2 Å². The summed E-state index contributed by atoms with van der Waals surface area (Å²) in [5, 5.41) is 6.07. The maximum absolute atomic E-state index is 12.2. The van der Waals surface area contributed by atoms with Crippen molar-refractivity contribution >= 4 is 17.5 Å². The van der Waals surface area contributed by atoms with Gasteiger partial charge >= 0.3 is 0 Å². The normalized spacial score (nSPS) is 19.2. The second-order valence-electron chi connectivity index (χ2n) is 4.43. The van der Waals surface area contributed by atoms with Crippen molar-refractivity contribution in [3.8, 4) is 0 Å². The third-order valence-corrected chi connectivity index (χ3v) is 3.47. The first-order chi connectivity index (χ1) is 8.72. The van der Waals surface area contributed by atoms with E-state index in [1.807, 2.05) is 4.90 Å². The lowest BCUT2D eigenvalue weighted by Gasteiger charge is -2.23. The number of nitrogens with one attached hydrogen (secondary N) is 1. The summed E-state index contributed by atoms with van der Waals surface area (Å²) >= 11 is 5.69. The zero-order valence-corrected chi connectivity index (χ0v) is 10.8. The molecule has 1 aliphatic rings. The quantitative estimate of drug-likeness (QED) is 0.840. The van der Waals surface area contributed by atoms with E-state index in [4.69, 9.17) is 11.6 Å². The van der Waals surface area contributed by atoms with Crippen LogP contribution in [0.3, 0.4) is 0 Å². The molecule has 0 aromatic carbocycles. The smallest absolute Gasteiger partial charge is 0.274 e. The van der Waals surface area contributed by atoms with E-state index >= 15 is 0 Å². The fourth-order valence-electron chi connectivity index (χ4n) is 2.33. The van der Waals surface area contributed by atoms with Gasteiger partial charge in [0.1, 0.15) is 5.69 Å². The van der Waals surface area contributed by atoms with Crippen LogP contribution in [0.1, 0.15) is 36.2 Å². The predicted octanol–water partition coefficient (Wildman–Crippen LogP) is 1.39. The van der Waals surface area contributed by atoms with Crippen LogP contribution in [0.25, 0.3) is 0 Å². The van der Waals surface area contributed by atoms with Crippen molar-refractivity contribution in [2.24, 2.45) is 0 Å². The molecule has 2 rings (SSSR count). The van der Waals surface area contributed by atoms with Gasteiger partial charge in [0.15, 0.2) is 0 Å². The summed E-state index contributed by atoms with van der Waals surface area (Å²) in [5.41, 5.74) is -0.000893. The zero-order valence-electron chi connectivity index (χ0n) is 10.1. The first-order valence-corrected chi connectivity index (χ1v) is 6.68. The van der Waals surface area contributed by atoms with Crippen molar-refractivity contribution in [1.29, 1.82) is 0 Å². The van der Waals surface area contributed by atoms with Crippen molar-refractivity contribution in [3.05, 3.63) is 28.2 Å². The highest BCUT2D eigenvalue weighted by Crippen LogP contribution is 2.23. The third kappa shape index (κ3) is 2.90. The van der Waals surface area contributed by atoms with Crippen molar-refractivity contribution < 1.29 is 4.79 Å². The number of aromatic nitrogens is 2. The molecule has 18 heavy (non-hydrogen) atoms. The zero-order chi connectivity index (χ0) is 13.0. The van der Waals surface area contributed by atoms with Crippen LogP contribution < -0.4 is 5.56 Å². The van der Waals surface area contributed by atoms with E-state index in [1.165, 1.54) is 12.1 Å². The van der Waals surface area contributed by atoms with E-state index in [0.29, 0.717) is 11.6 Å². The molecule has 6 heteroatoms. The molecule has 5 nitrogen and oxygen atoms in total. The molecule has 1 amide bonds. The summed E-state index contributed by atoms with van der Waals surface area (Å²) in [6, 6.07) is 3.05. The number of carbonyl (C=O) groups is 1. The summed E-state index contributed by atoms with van der Waals surface area (Å²) in [4.78, 5) is 25.0. The molecule has 1 saturated heterocycles. The van der Waals surface area contributed by atoms with Gasteiger partial charge in [-0.05, 0) is 31.7 Å². The van der Waals surface area contributed by atoms with Gasteiger partial charge in [-0.1, -0.05) is 0 Å². The first-order valence-electron chi connectivity index (χ1n) is 6.15. The average molecular weight is 270 g/mol. The van der Waals surface area contributed by atoms with Crippen LogP contribution in [0.5, 0.6) is 0 Å². The minimum Gasteiger partial charge on any atom is -0.334 e. The molecular formula is C12H16ClN3O2. The summed E-state index contributed by atoms with van der Waals surface area (Å²) in [6.07, 6.45) is 3.88. The second-order valence-corrected chi connectivity index (χ2v) is 4.81. The van der Waals surface area contributed by atoms with Crippen LogP contribution in [-0.4, -0.2) is 39.5 Å². The number of likely N-dealkylation sites (tertiary alicyclic amines) is 1. The van der Waals surface area contributed by atoms with E-state index in [-0.39, 0.29) is 17.5 Å². The monoisotopic (exact) mass is 269 g/mol. The molecule has 0 aliphatic carbocycles. The lowest BCUT2D eigenvalue weighted by molar-refractivity contribution is 0.0723. The van der Waals surface area contributed by atoms with Gasteiger partial charge in [-0.2, -0.15) is 5.10 Å². The molecule has 1 aromatic heterocycles. The number of alkyl halides is 1. The van der Waals surface area contributed by atoms with Gasteiger partial charge in [-0.3, -0.25) is 9.59 Å². The van der Waals surface area contributed by atoms with Gasteiger partial charge < -0.3 is 4.90 Å². The minimum atomic E-state index is -0.299. The number of hydrogen-bond donors (Lipinski definition) is 1. The molecule has 0 radical (unpaired) electrons. The molecule has 1 unspecified atom stereocenters. The molecule has 0 bridgehead atoms. The fourth-order valence-corrected chi connectivity index (χ4v) is 2.48. The number of aromatic amines is 1. The Morgan fingerprint density at radius 1 is 1.56 bits per heavy atom. The molecule has 0 saturated carbocycles. The van der Waals surface area contributed by atoms with Crippen LogP contribution in [0.4, 0.5) is 0 Å². The van der Waals surface area contributed by atoms with Gasteiger partial charge in [-0.15, -0.1) is 11.6 Å². The van der Waals surface area contributed by atoms with Gasteiger partial charge in [0.05, 0.1) is 0 Å². The molecular weight excluding hydrogens is 254 g/mol. The maximum atomic E-state index is 12.2. The summed E-state index contributed by atoms with van der Waals surface area (Å²) in [7, 11) is 0. The van der Waals surface area contributed by atoms with E-state index in [2.05, 4.69) is 10.2 Å². The Morgan fingerprint density at radius 2 is 2.39 bits per heavy atom. The maximum Gasteiger partial charge on any atom is 0.274 e. The Labute approximate surface area is 110 Å². The van der Waals surface area contributed by atoms with E-state index in [1.54, 1.807) is 0 Å². The van der Waals surface area contributed by atoms with Crippen molar-refractivity contribution in [3.63, 3.8) is 0 Å². The van der Waals surface area contributed by atoms with Gasteiger partial charge in [0.2, 0.25) is 0 Å². The van der Waals surface area contributed by atoms with Crippen LogP contribution in [0.15, 0.2) is 16.9 Å². The van der Waals surface area contributed by atoms with Crippen LogP contribution in [0, 0.1) is 0 Å². The topological polar surface area (TPSA) is 66.1 Å². The highest BCUT2D eigenvalue weighted by molar-refractivity contribution is 6.17. The Hall–Kier alpha value is -1.36. The number of halogens is 1. The largest absolute Gasteiger partial charge is 0.334 e. The van der Waals surface area contributed by atoms with E-state index in [9.17, 15) is 9.59 Å². The summed E-state index contributed by atoms with van der Waals surface area (Å²) < 4.78 is 0. The molecule has 1 aliphatic heterocycles. The Balaban J connectivity index is 2.07. The standard InChI is InChI=1S/C12H16ClN3O2/c13-7-1-3-9-4-2-8-16(9)12(18)10-5-6-11(17)15-14-10/h5-6,9H,1-4,7-8H2,(H,15,17). The molecule has 1 aromatic rings. The molecule has 0 spiro atoms. The Kier molecular flexibility index (Phi) is 4.36. The number of hydrogen-bond acceptors (Lipinski definition) is 3. The lowest BCUT2D eigenvalue weighted by atomic mass is 10.1. The van der Waals surface area contributed by atoms with Gasteiger partial charge in [0.25, 0.3) is 11.5 Å². The number of rotatable bonds is 4. The highest BCUT2D eigenvalue weighted by Gasteiger charge is 2.29. The van der Waals surface area contributed by atoms with Crippen LogP contribution >= 0.6 is 11.6 Å². The predicted molar refractivity (Wildman–Crippen MR) is 68.9 cm³/mol. The molecule has 98 valence electrons. The Bertz CT molecular complexity index is 454. The minimum absolute atomic E-state index is 0.108. The van der Waals surface area contributed by atoms with E-state index < -0.39 is 0 Å². The van der Waals surface area contributed by atoms with Gasteiger partial charge in [0, 0.05) is 24.5 Å². The molecule has 1 atom stereocenters. The van der Waals surface area contributed by atoms with Crippen molar-refractivity contribution in [1.82, 2.24) is 15.1 Å². The van der Waals surface area contributed by atoms with Gasteiger partial charge in [-0.25, -0.2) is 5.10 Å². The average Bonchev–Trinajstić information content (AvgIpc) is 2.84. The molecule has 1 fully saturated rings. The SMILES string of the molecule is O=C(c1ccc(=O)[nH]n1)N1CCCC1CCCCl. The molecule has 2 heterocycles. The van der Waals surface area contributed by atoms with Crippen LogP contribution in [0.2, 0.25) is 0 Å². The highest BCUT2D eigenvalue weighted by atomic mass is 35.5. The number of H-pyrrole nitrogens is 1. The Morgan fingerprint density at radius 3 is 3.06 bits per heavy atom. The second kappa shape index (κ2) is 6.00. The first kappa shape index (κ1) is 13.1. The number of amides is 1. The third-order valence-electron chi connectivity index (χ3n) is 3.21. The summed E-state index contributed by atoms with van der Waals surface area (Å²) in [6.45, 7) is 0.757. The lowest BCUT2D eigenvalue weighted by Crippen LogP contribution is -2.36. The molecule has 1 N–H and O–H groups in total. The van der Waals surface area contributed by atoms with Crippen LogP contribution in [-0.2, 0) is 0 Å². The van der Waals surface area contributed by atoms with Crippen molar-refractivity contribution in [2.75, 3.05) is 12.4 Å². The fraction of sp³-hybridized carbons (Fsp3) is 0.583. The summed E-state index contributed by atoms with van der Waals surface area (Å²) in [5.74, 6) is 0.512. The van der Waals surface area contributed by atoms with Crippen molar-refractivity contribution in [2.45, 2.75) is 31.7 Å². The number of nitrogens with zero attached hydrogens (tertiary/aromatic N) is 2.